The maximum absolute atomic E-state index is 12.6. The van der Waals surface area contributed by atoms with Crippen molar-refractivity contribution in [1.29, 1.82) is 0 Å². The smallest absolute Gasteiger partial charge is 0.231 e. The number of piperazine rings is 1. The highest BCUT2D eigenvalue weighted by Crippen LogP contribution is 2.57. The zero-order chi connectivity index (χ0) is 27.0. The summed E-state index contributed by atoms with van der Waals surface area (Å²) >= 11 is 0. The molecule has 0 saturated carbocycles. The number of phenolic OH excluding ortho intramolecular Hbond substituents is 2. The number of likely N-dealkylation sites (N-methyl/N-ethyl adjacent to an activating group) is 1. The van der Waals surface area contributed by atoms with Crippen molar-refractivity contribution in [2.24, 2.45) is 0 Å². The average Bonchev–Trinajstić information content (AvgIpc) is 3.37. The molecule has 2 aromatic carbocycles. The monoisotopic (exact) mass is 523 g/mol. The third kappa shape index (κ3) is 3.45. The number of amides is 1. The normalized spacial score (nSPS) is 27.5. The van der Waals surface area contributed by atoms with Gasteiger partial charge in [0.2, 0.25) is 12.7 Å². The number of phenols is 2. The number of aliphatic hydroxyl groups is 1. The summed E-state index contributed by atoms with van der Waals surface area (Å²) in [6.07, 6.45) is 1.36. The van der Waals surface area contributed by atoms with Crippen LogP contribution in [0.3, 0.4) is 0 Å². The van der Waals surface area contributed by atoms with Gasteiger partial charge in [-0.1, -0.05) is 13.0 Å². The molecular weight excluding hydrogens is 486 g/mol. The molecule has 4 aliphatic heterocycles. The summed E-state index contributed by atoms with van der Waals surface area (Å²) in [5, 5.41) is 37.8. The molecule has 5 atom stereocenters. The highest BCUT2D eigenvalue weighted by atomic mass is 16.7. The number of nitrogens with zero attached hydrogens (tertiary/aromatic N) is 2. The first-order valence-corrected chi connectivity index (χ1v) is 13.6. The Morgan fingerprint density at radius 3 is 2.53 bits per heavy atom. The predicted molar refractivity (Wildman–Crippen MR) is 141 cm³/mol. The van der Waals surface area contributed by atoms with Gasteiger partial charge in [0.05, 0.1) is 18.1 Å². The lowest BCUT2D eigenvalue weighted by molar-refractivity contribution is -0.172. The number of carbonyl (C=O) groups excluding carboxylic acids is 1. The van der Waals surface area contributed by atoms with E-state index >= 15 is 0 Å². The van der Waals surface area contributed by atoms with Crippen molar-refractivity contribution in [2.75, 3.05) is 20.4 Å². The van der Waals surface area contributed by atoms with Gasteiger partial charge in [-0.05, 0) is 63.8 Å². The molecule has 1 amide bonds. The van der Waals surface area contributed by atoms with E-state index in [4.69, 9.17) is 9.47 Å². The molecule has 1 fully saturated rings. The van der Waals surface area contributed by atoms with Crippen LogP contribution in [0.5, 0.6) is 23.0 Å². The van der Waals surface area contributed by atoms with Gasteiger partial charge in [-0.15, -0.1) is 0 Å². The summed E-state index contributed by atoms with van der Waals surface area (Å²) in [4.78, 5) is 16.8. The van der Waals surface area contributed by atoms with E-state index in [1.807, 2.05) is 34.7 Å². The first-order valence-electron chi connectivity index (χ1n) is 13.6. The van der Waals surface area contributed by atoms with Crippen molar-refractivity contribution in [1.82, 2.24) is 15.1 Å². The molecule has 0 aromatic heterocycles. The van der Waals surface area contributed by atoms with Crippen LogP contribution in [0.2, 0.25) is 0 Å². The zero-order valence-electron chi connectivity index (χ0n) is 22.7. The molecule has 4 aliphatic rings. The van der Waals surface area contributed by atoms with E-state index in [1.54, 1.807) is 0 Å². The highest BCUT2D eigenvalue weighted by molar-refractivity contribution is 5.76. The first-order chi connectivity index (χ1) is 18.1. The van der Waals surface area contributed by atoms with Crippen LogP contribution < -0.4 is 14.8 Å². The van der Waals surface area contributed by atoms with E-state index in [9.17, 15) is 20.1 Å². The van der Waals surface area contributed by atoms with Gasteiger partial charge in [-0.25, -0.2) is 0 Å². The topological polar surface area (TPSA) is 115 Å². The molecule has 9 heteroatoms. The van der Waals surface area contributed by atoms with Crippen LogP contribution in [0.15, 0.2) is 6.07 Å². The van der Waals surface area contributed by atoms with Crippen LogP contribution in [-0.4, -0.2) is 69.7 Å². The van der Waals surface area contributed by atoms with Gasteiger partial charge in [-0.2, -0.15) is 0 Å². The number of aliphatic hydroxyl groups excluding tert-OH is 1. The van der Waals surface area contributed by atoms with Gasteiger partial charge in [0.25, 0.3) is 0 Å². The first kappa shape index (κ1) is 25.3. The second kappa shape index (κ2) is 9.03. The second-order valence-corrected chi connectivity index (χ2v) is 11.3. The van der Waals surface area contributed by atoms with Crippen molar-refractivity contribution in [2.45, 2.75) is 83.8 Å². The Bertz CT molecular complexity index is 1330. The fraction of sp³-hybridized carbons (Fsp3) is 0.552. The van der Waals surface area contributed by atoms with Gasteiger partial charge in [0.15, 0.2) is 11.5 Å². The zero-order valence-corrected chi connectivity index (χ0v) is 22.7. The number of rotatable bonds is 4. The van der Waals surface area contributed by atoms with Crippen molar-refractivity contribution in [3.05, 3.63) is 45.0 Å². The highest BCUT2D eigenvalue weighted by Gasteiger charge is 2.56. The lowest BCUT2D eigenvalue weighted by Gasteiger charge is -2.60. The lowest BCUT2D eigenvalue weighted by Crippen LogP contribution is -2.69. The van der Waals surface area contributed by atoms with Crippen LogP contribution in [0.25, 0.3) is 0 Å². The fourth-order valence-electron chi connectivity index (χ4n) is 7.24. The molecule has 38 heavy (non-hydrogen) atoms. The van der Waals surface area contributed by atoms with Crippen LogP contribution >= 0.6 is 0 Å². The summed E-state index contributed by atoms with van der Waals surface area (Å²) in [5.74, 6) is 1.50. The van der Waals surface area contributed by atoms with Crippen LogP contribution in [0.4, 0.5) is 0 Å². The molecule has 2 bridgehead atoms. The van der Waals surface area contributed by atoms with E-state index < -0.39 is 12.3 Å². The summed E-state index contributed by atoms with van der Waals surface area (Å²) in [6, 6.07) is 1.02. The minimum absolute atomic E-state index is 0.0563. The number of aromatic hydroxyl groups is 2. The lowest BCUT2D eigenvalue weighted by atomic mass is 9.73. The van der Waals surface area contributed by atoms with Gasteiger partial charge in [0, 0.05) is 41.3 Å². The largest absolute Gasteiger partial charge is 0.507 e. The van der Waals surface area contributed by atoms with E-state index in [0.717, 1.165) is 39.8 Å². The Morgan fingerprint density at radius 2 is 1.79 bits per heavy atom. The van der Waals surface area contributed by atoms with Gasteiger partial charge in [0.1, 0.15) is 17.7 Å². The van der Waals surface area contributed by atoms with Gasteiger partial charge < -0.3 is 30.1 Å². The van der Waals surface area contributed by atoms with Crippen molar-refractivity contribution in [3.63, 3.8) is 0 Å². The van der Waals surface area contributed by atoms with E-state index in [-0.39, 0.29) is 43.1 Å². The number of benzene rings is 2. The summed E-state index contributed by atoms with van der Waals surface area (Å²) in [6.45, 7) is 8.03. The SMILES string of the molecule is CCCC(=O)NC[C@H]1c2c(c(O)c(C)c3c2OCO3)CC2[C@H]3c4c(cc(C)c(C)c4O)C[C@@H](C(O)N21)N3C. The minimum atomic E-state index is -0.833. The van der Waals surface area contributed by atoms with Crippen molar-refractivity contribution in [3.8, 4) is 23.0 Å². The van der Waals surface area contributed by atoms with E-state index in [2.05, 4.69) is 21.2 Å². The van der Waals surface area contributed by atoms with Crippen LogP contribution in [0, 0.1) is 20.8 Å². The predicted octanol–water partition coefficient (Wildman–Crippen LogP) is 2.87. The second-order valence-electron chi connectivity index (χ2n) is 11.3. The Morgan fingerprint density at radius 1 is 1.05 bits per heavy atom. The summed E-state index contributed by atoms with van der Waals surface area (Å²) in [7, 11) is 2.01. The number of hydrogen-bond donors (Lipinski definition) is 4. The van der Waals surface area contributed by atoms with Crippen molar-refractivity contribution < 1.29 is 29.6 Å². The van der Waals surface area contributed by atoms with E-state index in [0.29, 0.717) is 42.1 Å². The summed E-state index contributed by atoms with van der Waals surface area (Å²) < 4.78 is 11.7. The molecule has 0 aliphatic carbocycles. The molecule has 2 unspecified atom stereocenters. The van der Waals surface area contributed by atoms with Crippen molar-refractivity contribution >= 4 is 5.91 Å². The number of fused-ring (bicyclic) bond motifs is 9. The minimum Gasteiger partial charge on any atom is -0.507 e. The standard InChI is InChI=1S/C29H37N3O6/c1-6-7-21(33)30-11-20-23-17(25(34)15(4)27-28(23)38-12-37-27)10-18-24-22-16(8-13(2)14(3)26(22)35)9-19(31(24)5)29(36)32(18)20/h8,18-20,24,29,34-36H,6-7,9-12H2,1-5H3,(H,30,33)/t18?,19-,20-,24-,29?/m0/s1. The molecule has 2 aromatic rings. The molecule has 4 N–H and O–H groups in total. The number of carbonyl (C=O) groups is 1. The molecular formula is C29H37N3O6. The Labute approximate surface area is 223 Å². The van der Waals surface area contributed by atoms with Gasteiger partial charge >= 0.3 is 0 Å². The molecule has 4 heterocycles. The van der Waals surface area contributed by atoms with Crippen LogP contribution in [-0.2, 0) is 17.6 Å². The third-order valence-corrected chi connectivity index (χ3v) is 9.26. The van der Waals surface area contributed by atoms with Crippen LogP contribution in [0.1, 0.15) is 70.8 Å². The third-order valence-electron chi connectivity index (χ3n) is 9.26. The number of ether oxygens (including phenoxy) is 2. The molecule has 204 valence electrons. The maximum atomic E-state index is 12.6. The molecule has 0 radical (unpaired) electrons. The maximum Gasteiger partial charge on any atom is 0.231 e. The molecule has 0 spiro atoms. The molecule has 6 rings (SSSR count). The quantitative estimate of drug-likeness (QED) is 0.484. The van der Waals surface area contributed by atoms with E-state index in [1.165, 1.54) is 0 Å². The Kier molecular flexibility index (Phi) is 6.01. The number of hydrogen-bond acceptors (Lipinski definition) is 8. The van der Waals surface area contributed by atoms with Gasteiger partial charge in [-0.3, -0.25) is 14.6 Å². The molecule has 9 nitrogen and oxygen atoms in total. The average molecular weight is 524 g/mol. The molecule has 1 saturated heterocycles. The summed E-state index contributed by atoms with van der Waals surface area (Å²) in [5.41, 5.74) is 5.97. The Hall–Kier alpha value is -3.01. The number of nitrogens with one attached hydrogen (secondary N) is 1. The Balaban J connectivity index is 1.54. The fourth-order valence-corrected chi connectivity index (χ4v) is 7.24. The number of aryl methyl sites for hydroxylation is 1.